The van der Waals surface area contributed by atoms with Crippen LogP contribution in [0, 0.1) is 0 Å². The van der Waals surface area contributed by atoms with Gasteiger partial charge < -0.3 is 5.11 Å². The van der Waals surface area contributed by atoms with Crippen molar-refractivity contribution in [2.75, 3.05) is 0 Å². The second-order valence-corrected chi connectivity index (χ2v) is 2.94. The standard InChI is InChI=1S/C8H9F3N2O2/c1-2-5(7(14)15)13-4-3-6(12-13)8(9,10)11/h3-5H,2H2,1H3,(H,14,15)/t5-/m0/s1. The monoisotopic (exact) mass is 222 g/mol. The molecule has 0 aliphatic carbocycles. The number of hydrogen-bond acceptors (Lipinski definition) is 2. The molecule has 7 heteroatoms. The van der Waals surface area contributed by atoms with E-state index in [9.17, 15) is 18.0 Å². The van der Waals surface area contributed by atoms with Crippen LogP contribution < -0.4 is 0 Å². The summed E-state index contributed by atoms with van der Waals surface area (Å²) in [5.41, 5.74) is -1.08. The van der Waals surface area contributed by atoms with Crippen LogP contribution in [0.2, 0.25) is 0 Å². The third-order valence-corrected chi connectivity index (χ3v) is 1.89. The van der Waals surface area contributed by atoms with E-state index in [1.54, 1.807) is 6.92 Å². The van der Waals surface area contributed by atoms with Gasteiger partial charge >= 0.3 is 12.1 Å². The summed E-state index contributed by atoms with van der Waals surface area (Å²) in [4.78, 5) is 10.6. The molecule has 1 rings (SSSR count). The van der Waals surface area contributed by atoms with Gasteiger partial charge in [0.2, 0.25) is 0 Å². The van der Waals surface area contributed by atoms with Crippen molar-refractivity contribution in [3.63, 3.8) is 0 Å². The molecule has 0 fully saturated rings. The number of rotatable bonds is 3. The Labute approximate surface area is 83.3 Å². The number of aliphatic carboxylic acids is 1. The summed E-state index contributed by atoms with van der Waals surface area (Å²) in [5.74, 6) is -1.20. The van der Waals surface area contributed by atoms with Crippen molar-refractivity contribution < 1.29 is 23.1 Å². The zero-order chi connectivity index (χ0) is 11.6. The largest absolute Gasteiger partial charge is 0.480 e. The molecule has 0 unspecified atom stereocenters. The molecule has 0 bridgehead atoms. The minimum atomic E-state index is -4.54. The van der Waals surface area contributed by atoms with Gasteiger partial charge in [-0.1, -0.05) is 6.92 Å². The fourth-order valence-corrected chi connectivity index (χ4v) is 1.14. The van der Waals surface area contributed by atoms with Crippen LogP contribution in [0.4, 0.5) is 13.2 Å². The summed E-state index contributed by atoms with van der Waals surface area (Å²) in [6.45, 7) is 1.56. The van der Waals surface area contributed by atoms with Crippen molar-refractivity contribution in [1.29, 1.82) is 0 Å². The molecule has 0 saturated heterocycles. The third-order valence-electron chi connectivity index (χ3n) is 1.89. The van der Waals surface area contributed by atoms with Gasteiger partial charge in [0, 0.05) is 6.20 Å². The van der Waals surface area contributed by atoms with E-state index in [2.05, 4.69) is 5.10 Å². The van der Waals surface area contributed by atoms with E-state index in [0.717, 1.165) is 16.9 Å². The van der Waals surface area contributed by atoms with E-state index in [-0.39, 0.29) is 6.42 Å². The maximum absolute atomic E-state index is 12.1. The van der Waals surface area contributed by atoms with Gasteiger partial charge in [-0.05, 0) is 12.5 Å². The average molecular weight is 222 g/mol. The molecule has 15 heavy (non-hydrogen) atoms. The SMILES string of the molecule is CC[C@@H](C(=O)O)n1ccc(C(F)(F)F)n1. The number of carbonyl (C=O) groups is 1. The van der Waals surface area contributed by atoms with Crippen LogP contribution in [0.25, 0.3) is 0 Å². The van der Waals surface area contributed by atoms with Crippen molar-refractivity contribution >= 4 is 5.97 Å². The third kappa shape index (κ3) is 2.48. The molecule has 84 valence electrons. The van der Waals surface area contributed by atoms with Crippen molar-refractivity contribution in [2.24, 2.45) is 0 Å². The van der Waals surface area contributed by atoms with E-state index in [4.69, 9.17) is 5.11 Å². The Bertz CT molecular complexity index is 359. The van der Waals surface area contributed by atoms with Gasteiger partial charge in [-0.2, -0.15) is 18.3 Å². The number of carboxylic acid groups (broad SMARTS) is 1. The lowest BCUT2D eigenvalue weighted by Crippen LogP contribution is -2.19. The number of carboxylic acids is 1. The van der Waals surface area contributed by atoms with Gasteiger partial charge in [-0.25, -0.2) is 4.79 Å². The Balaban J connectivity index is 2.97. The molecule has 1 aromatic rings. The fraction of sp³-hybridized carbons (Fsp3) is 0.500. The van der Waals surface area contributed by atoms with Gasteiger partial charge in [0.15, 0.2) is 5.69 Å². The molecular formula is C8H9F3N2O2. The highest BCUT2D eigenvalue weighted by Crippen LogP contribution is 2.28. The van der Waals surface area contributed by atoms with Gasteiger partial charge in [-0.15, -0.1) is 0 Å². The fourth-order valence-electron chi connectivity index (χ4n) is 1.14. The van der Waals surface area contributed by atoms with Crippen molar-refractivity contribution in [3.8, 4) is 0 Å². The van der Waals surface area contributed by atoms with Crippen LogP contribution >= 0.6 is 0 Å². The molecule has 1 aromatic heterocycles. The second kappa shape index (κ2) is 3.92. The average Bonchev–Trinajstić information content (AvgIpc) is 2.52. The number of alkyl halides is 3. The minimum absolute atomic E-state index is 0.175. The first-order valence-electron chi connectivity index (χ1n) is 4.21. The lowest BCUT2D eigenvalue weighted by molar-refractivity contribution is -0.144. The van der Waals surface area contributed by atoms with Gasteiger partial charge in [0.05, 0.1) is 0 Å². The normalized spacial score (nSPS) is 13.9. The van der Waals surface area contributed by atoms with Crippen molar-refractivity contribution in [1.82, 2.24) is 9.78 Å². The quantitative estimate of drug-likeness (QED) is 0.850. The summed E-state index contributed by atoms with van der Waals surface area (Å²) >= 11 is 0. The molecule has 0 aromatic carbocycles. The van der Waals surface area contributed by atoms with E-state index in [1.165, 1.54) is 0 Å². The molecule has 0 spiro atoms. The minimum Gasteiger partial charge on any atom is -0.480 e. The summed E-state index contributed by atoms with van der Waals surface area (Å²) in [6, 6.07) is -0.299. The molecular weight excluding hydrogens is 213 g/mol. The van der Waals surface area contributed by atoms with Gasteiger partial charge in [0.1, 0.15) is 6.04 Å². The smallest absolute Gasteiger partial charge is 0.435 e. The number of aromatic nitrogens is 2. The van der Waals surface area contributed by atoms with Crippen molar-refractivity contribution in [3.05, 3.63) is 18.0 Å². The zero-order valence-electron chi connectivity index (χ0n) is 7.82. The van der Waals surface area contributed by atoms with E-state index in [0.29, 0.717) is 0 Å². The molecule has 4 nitrogen and oxygen atoms in total. The van der Waals surface area contributed by atoms with E-state index < -0.39 is 23.9 Å². The lowest BCUT2D eigenvalue weighted by atomic mass is 10.2. The molecule has 0 radical (unpaired) electrons. The molecule has 0 aliphatic heterocycles. The van der Waals surface area contributed by atoms with E-state index >= 15 is 0 Å². The highest BCUT2D eigenvalue weighted by atomic mass is 19.4. The highest BCUT2D eigenvalue weighted by Gasteiger charge is 2.34. The van der Waals surface area contributed by atoms with Crippen LogP contribution in [0.15, 0.2) is 12.3 Å². The molecule has 1 N–H and O–H groups in total. The zero-order valence-corrected chi connectivity index (χ0v) is 7.82. The van der Waals surface area contributed by atoms with Crippen LogP contribution in [0.3, 0.4) is 0 Å². The Morgan fingerprint density at radius 2 is 2.27 bits per heavy atom. The summed E-state index contributed by atoms with van der Waals surface area (Å²) in [7, 11) is 0. The van der Waals surface area contributed by atoms with E-state index in [1.807, 2.05) is 0 Å². The summed E-state index contributed by atoms with van der Waals surface area (Å²) in [5, 5.41) is 11.9. The first kappa shape index (κ1) is 11.5. The van der Waals surface area contributed by atoms with Crippen LogP contribution in [-0.2, 0) is 11.0 Å². The van der Waals surface area contributed by atoms with Crippen LogP contribution in [0.5, 0.6) is 0 Å². The Morgan fingerprint density at radius 1 is 1.67 bits per heavy atom. The number of halogens is 3. The maximum Gasteiger partial charge on any atom is 0.435 e. The number of nitrogens with zero attached hydrogens (tertiary/aromatic N) is 2. The first-order chi connectivity index (χ1) is 6.86. The molecule has 0 aliphatic rings. The Kier molecular flexibility index (Phi) is 3.01. The first-order valence-corrected chi connectivity index (χ1v) is 4.21. The number of hydrogen-bond donors (Lipinski definition) is 1. The highest BCUT2D eigenvalue weighted by molar-refractivity contribution is 5.71. The summed E-state index contributed by atoms with van der Waals surface area (Å²) < 4.78 is 37.2. The van der Waals surface area contributed by atoms with Crippen LogP contribution in [0.1, 0.15) is 25.1 Å². The van der Waals surface area contributed by atoms with Crippen LogP contribution in [-0.4, -0.2) is 20.9 Å². The maximum atomic E-state index is 12.1. The Hall–Kier alpha value is -1.53. The van der Waals surface area contributed by atoms with Gasteiger partial charge in [0.25, 0.3) is 0 Å². The molecule has 0 amide bonds. The van der Waals surface area contributed by atoms with Crippen molar-refractivity contribution in [2.45, 2.75) is 25.6 Å². The molecule has 1 heterocycles. The van der Waals surface area contributed by atoms with Gasteiger partial charge in [-0.3, -0.25) is 4.68 Å². The topological polar surface area (TPSA) is 55.1 Å². The second-order valence-electron chi connectivity index (χ2n) is 2.94. The molecule has 0 saturated carbocycles. The Morgan fingerprint density at radius 3 is 2.60 bits per heavy atom. The lowest BCUT2D eigenvalue weighted by Gasteiger charge is -2.09. The summed E-state index contributed by atoms with van der Waals surface area (Å²) in [6.07, 6.45) is -3.35. The predicted molar refractivity (Wildman–Crippen MR) is 44.2 cm³/mol. The predicted octanol–water partition coefficient (Wildman–Crippen LogP) is 1.94. The molecule has 1 atom stereocenters.